The summed E-state index contributed by atoms with van der Waals surface area (Å²) in [5.74, 6) is 2.21. The summed E-state index contributed by atoms with van der Waals surface area (Å²) in [5.41, 5.74) is 6.26. The average Bonchev–Trinajstić information content (AvgIpc) is 3.49. The van der Waals surface area contributed by atoms with Crippen molar-refractivity contribution in [1.29, 1.82) is 0 Å². The van der Waals surface area contributed by atoms with Crippen LogP contribution in [-0.2, 0) is 6.54 Å². The Morgan fingerprint density at radius 3 is 2.56 bits per heavy atom. The molecule has 5 rings (SSSR count). The summed E-state index contributed by atoms with van der Waals surface area (Å²) in [4.78, 5) is 9.22. The van der Waals surface area contributed by atoms with Crippen LogP contribution in [0.4, 0.5) is 0 Å². The molecule has 32 heavy (non-hydrogen) atoms. The molecule has 0 spiro atoms. The molecule has 0 aliphatic rings. The van der Waals surface area contributed by atoms with Crippen molar-refractivity contribution >= 4 is 0 Å². The van der Waals surface area contributed by atoms with Gasteiger partial charge in [0.1, 0.15) is 11.5 Å². The highest BCUT2D eigenvalue weighted by atomic mass is 16.5. The molecule has 2 aromatic carbocycles. The third kappa shape index (κ3) is 3.60. The Labute approximate surface area is 184 Å². The molecule has 0 bridgehead atoms. The van der Waals surface area contributed by atoms with E-state index in [4.69, 9.17) is 8.94 Å². The Balaban J connectivity index is 1.42. The van der Waals surface area contributed by atoms with Crippen molar-refractivity contribution in [2.45, 2.75) is 34.2 Å². The second-order valence-corrected chi connectivity index (χ2v) is 7.81. The Morgan fingerprint density at radius 2 is 1.75 bits per heavy atom. The van der Waals surface area contributed by atoms with Crippen LogP contribution in [0.3, 0.4) is 0 Å². The molecule has 0 fully saturated rings. The van der Waals surface area contributed by atoms with Gasteiger partial charge in [-0.1, -0.05) is 52.3 Å². The first-order valence-corrected chi connectivity index (χ1v) is 10.3. The molecular weight excluding hydrogens is 404 g/mol. The minimum Gasteiger partial charge on any atom is -0.441 e. The van der Waals surface area contributed by atoms with E-state index in [2.05, 4.69) is 31.5 Å². The third-order valence-corrected chi connectivity index (χ3v) is 5.45. The van der Waals surface area contributed by atoms with Gasteiger partial charge in [-0.25, -0.2) is 9.67 Å². The molecule has 0 saturated carbocycles. The van der Waals surface area contributed by atoms with Gasteiger partial charge in [0.25, 0.3) is 5.89 Å². The van der Waals surface area contributed by atoms with Crippen LogP contribution in [0.1, 0.15) is 28.3 Å². The highest BCUT2D eigenvalue weighted by Gasteiger charge is 2.20. The molecule has 0 atom stereocenters. The standard InChI is InChI=1S/C24H22N6O2/c1-14-8-7-10-18(12-14)23-25-20(17(4)31-23)13-30-16(3)21(27-29-30)24-26-22(28-32-24)19-11-6-5-9-15(19)2/h5-12H,13H2,1-4H3. The Hall–Kier alpha value is -4.07. The lowest BCUT2D eigenvalue weighted by molar-refractivity contribution is 0.430. The summed E-state index contributed by atoms with van der Waals surface area (Å²) >= 11 is 0. The van der Waals surface area contributed by atoms with Gasteiger partial charge in [0.15, 0.2) is 5.69 Å². The summed E-state index contributed by atoms with van der Waals surface area (Å²) in [7, 11) is 0. The molecule has 0 amide bonds. The summed E-state index contributed by atoms with van der Waals surface area (Å²) < 4.78 is 13.2. The van der Waals surface area contributed by atoms with E-state index >= 15 is 0 Å². The van der Waals surface area contributed by atoms with Crippen molar-refractivity contribution in [2.24, 2.45) is 0 Å². The largest absolute Gasteiger partial charge is 0.441 e. The van der Waals surface area contributed by atoms with Gasteiger partial charge >= 0.3 is 0 Å². The quantitative estimate of drug-likeness (QED) is 0.393. The van der Waals surface area contributed by atoms with Crippen molar-refractivity contribution in [1.82, 2.24) is 30.1 Å². The fourth-order valence-corrected chi connectivity index (χ4v) is 3.58. The van der Waals surface area contributed by atoms with E-state index in [1.807, 2.05) is 70.2 Å². The number of nitrogens with zero attached hydrogens (tertiary/aromatic N) is 6. The minimum atomic E-state index is 0.337. The fourth-order valence-electron chi connectivity index (χ4n) is 3.58. The molecule has 0 N–H and O–H groups in total. The van der Waals surface area contributed by atoms with Crippen LogP contribution in [0.25, 0.3) is 34.4 Å². The molecule has 0 unspecified atom stereocenters. The summed E-state index contributed by atoms with van der Waals surface area (Å²) in [6.07, 6.45) is 0. The van der Waals surface area contributed by atoms with Crippen LogP contribution in [0.15, 0.2) is 57.5 Å². The van der Waals surface area contributed by atoms with E-state index in [-0.39, 0.29) is 0 Å². The van der Waals surface area contributed by atoms with Gasteiger partial charge in [0, 0.05) is 11.1 Å². The second-order valence-electron chi connectivity index (χ2n) is 7.81. The number of aromatic nitrogens is 6. The number of rotatable bonds is 5. The van der Waals surface area contributed by atoms with Gasteiger partial charge in [0.2, 0.25) is 11.7 Å². The zero-order chi connectivity index (χ0) is 22.2. The molecule has 3 heterocycles. The molecule has 0 aliphatic carbocycles. The van der Waals surface area contributed by atoms with Crippen molar-refractivity contribution in [3.63, 3.8) is 0 Å². The smallest absolute Gasteiger partial charge is 0.280 e. The van der Waals surface area contributed by atoms with Gasteiger partial charge in [-0.3, -0.25) is 0 Å². The first kappa shape index (κ1) is 19.9. The monoisotopic (exact) mass is 426 g/mol. The first-order valence-electron chi connectivity index (χ1n) is 10.3. The molecule has 8 nitrogen and oxygen atoms in total. The Morgan fingerprint density at radius 1 is 0.906 bits per heavy atom. The van der Waals surface area contributed by atoms with Crippen molar-refractivity contribution < 1.29 is 8.94 Å². The van der Waals surface area contributed by atoms with Crippen LogP contribution in [-0.4, -0.2) is 30.1 Å². The lowest BCUT2D eigenvalue weighted by Gasteiger charge is -2.00. The molecule has 8 heteroatoms. The van der Waals surface area contributed by atoms with Crippen LogP contribution in [0.2, 0.25) is 0 Å². The number of benzene rings is 2. The van der Waals surface area contributed by atoms with E-state index in [0.29, 0.717) is 29.8 Å². The highest BCUT2D eigenvalue weighted by molar-refractivity contribution is 5.62. The highest BCUT2D eigenvalue weighted by Crippen LogP contribution is 2.26. The summed E-state index contributed by atoms with van der Waals surface area (Å²) in [6.45, 7) is 8.31. The van der Waals surface area contributed by atoms with Crippen molar-refractivity contribution in [3.8, 4) is 34.4 Å². The topological polar surface area (TPSA) is 95.7 Å². The van der Waals surface area contributed by atoms with Crippen LogP contribution >= 0.6 is 0 Å². The van der Waals surface area contributed by atoms with E-state index < -0.39 is 0 Å². The zero-order valence-corrected chi connectivity index (χ0v) is 18.3. The molecule has 0 radical (unpaired) electrons. The molecular formula is C24H22N6O2. The molecule has 160 valence electrons. The molecule has 5 aromatic rings. The molecule has 3 aromatic heterocycles. The van der Waals surface area contributed by atoms with Crippen LogP contribution in [0, 0.1) is 27.7 Å². The van der Waals surface area contributed by atoms with Gasteiger partial charge in [0.05, 0.1) is 12.2 Å². The lowest BCUT2D eigenvalue weighted by atomic mass is 10.1. The number of aryl methyl sites for hydroxylation is 3. The second kappa shape index (κ2) is 7.88. The maximum atomic E-state index is 5.91. The predicted molar refractivity (Wildman–Crippen MR) is 119 cm³/mol. The van der Waals surface area contributed by atoms with Crippen molar-refractivity contribution in [2.75, 3.05) is 0 Å². The molecule has 0 saturated heterocycles. The summed E-state index contributed by atoms with van der Waals surface area (Å²) in [5, 5.41) is 12.7. The molecule has 0 aliphatic heterocycles. The Bertz CT molecular complexity index is 1410. The number of oxazole rings is 1. The van der Waals surface area contributed by atoms with Crippen LogP contribution < -0.4 is 0 Å². The van der Waals surface area contributed by atoms with E-state index in [0.717, 1.165) is 39.4 Å². The average molecular weight is 426 g/mol. The minimum absolute atomic E-state index is 0.337. The maximum Gasteiger partial charge on any atom is 0.280 e. The Kier molecular flexibility index (Phi) is 4.89. The van der Waals surface area contributed by atoms with Gasteiger partial charge in [-0.05, 0) is 45.4 Å². The van der Waals surface area contributed by atoms with Gasteiger partial charge in [-0.2, -0.15) is 4.98 Å². The summed E-state index contributed by atoms with van der Waals surface area (Å²) in [6, 6.07) is 16.0. The van der Waals surface area contributed by atoms with E-state index in [9.17, 15) is 0 Å². The first-order chi connectivity index (χ1) is 15.5. The number of hydrogen-bond donors (Lipinski definition) is 0. The third-order valence-electron chi connectivity index (χ3n) is 5.45. The predicted octanol–water partition coefficient (Wildman–Crippen LogP) is 4.93. The van der Waals surface area contributed by atoms with Gasteiger partial charge < -0.3 is 8.94 Å². The van der Waals surface area contributed by atoms with Gasteiger partial charge in [-0.15, -0.1) is 5.10 Å². The fraction of sp³-hybridized carbons (Fsp3) is 0.208. The van der Waals surface area contributed by atoms with E-state index in [1.54, 1.807) is 4.68 Å². The maximum absolute atomic E-state index is 5.91. The zero-order valence-electron chi connectivity index (χ0n) is 18.3. The van der Waals surface area contributed by atoms with Crippen molar-refractivity contribution in [3.05, 3.63) is 76.8 Å². The van der Waals surface area contributed by atoms with E-state index in [1.165, 1.54) is 0 Å². The number of hydrogen-bond acceptors (Lipinski definition) is 7. The lowest BCUT2D eigenvalue weighted by Crippen LogP contribution is -2.05. The SMILES string of the molecule is Cc1cccc(-c2nc(Cn3nnc(-c4nc(-c5ccccc5C)no4)c3C)c(C)o2)c1. The van der Waals surface area contributed by atoms with Crippen LogP contribution in [0.5, 0.6) is 0 Å². The normalized spacial score (nSPS) is 11.2.